The number of hydrogen-bond acceptors (Lipinski definition) is 20. The largest absolute Gasteiger partial charge is 1.00 e. The number of nitrogens with zero attached hydrogens (tertiary/aromatic N) is 10. The third-order valence-corrected chi connectivity index (χ3v) is 12.6. The number of anilines is 10. The van der Waals surface area contributed by atoms with Gasteiger partial charge in [0.25, 0.3) is 10.1 Å². The van der Waals surface area contributed by atoms with Crippen molar-refractivity contribution < 1.29 is 63.9 Å². The summed E-state index contributed by atoms with van der Waals surface area (Å²) in [5.41, 5.74) is 11.1. The predicted octanol–water partition coefficient (Wildman–Crippen LogP) is -2.39. The number of benzene rings is 4. The summed E-state index contributed by atoms with van der Waals surface area (Å²) in [4.78, 5) is 37.2. The summed E-state index contributed by atoms with van der Waals surface area (Å²) >= 11 is 0.714. The molecule has 0 amide bonds. The summed E-state index contributed by atoms with van der Waals surface area (Å²) in [6.07, 6.45) is 3.17. The Balaban J connectivity index is 0.00000402. The zero-order chi connectivity index (χ0) is 47.3. The lowest BCUT2D eigenvalue weighted by atomic mass is 10.1. The Hall–Kier alpha value is -6.00. The molecular formula is C44H54Cl2N16O6S2. The summed E-state index contributed by atoms with van der Waals surface area (Å²) in [5.74, 6) is 2.05. The molecule has 0 bridgehead atoms. The third kappa shape index (κ3) is 14.8. The highest BCUT2D eigenvalue weighted by Crippen LogP contribution is 2.32. The highest BCUT2D eigenvalue weighted by molar-refractivity contribution is 7.94. The number of aromatic nitrogens is 6. The summed E-state index contributed by atoms with van der Waals surface area (Å²) < 4.78 is 41.1. The molecule has 372 valence electrons. The fourth-order valence-electron chi connectivity index (χ4n) is 7.61. The van der Waals surface area contributed by atoms with Crippen LogP contribution in [-0.4, -0.2) is 136 Å². The van der Waals surface area contributed by atoms with Crippen LogP contribution in [0.4, 0.5) is 58.4 Å². The molecule has 0 spiro atoms. The summed E-state index contributed by atoms with van der Waals surface area (Å²) in [7, 11) is -4.74. The van der Waals surface area contributed by atoms with E-state index in [0.29, 0.717) is 70.8 Å². The number of nitrogens with one attached hydrogen (secondary N) is 4. The number of rotatable bonds is 20. The molecule has 6 aromatic rings. The van der Waals surface area contributed by atoms with Crippen molar-refractivity contribution in [2.75, 3.05) is 110 Å². The van der Waals surface area contributed by atoms with Crippen molar-refractivity contribution in [3.8, 4) is 0 Å². The van der Waals surface area contributed by atoms with Crippen LogP contribution < -0.4 is 67.3 Å². The van der Waals surface area contributed by atoms with Crippen molar-refractivity contribution in [3.05, 3.63) is 108 Å². The highest BCUT2D eigenvalue weighted by Gasteiger charge is 2.23. The Morgan fingerprint density at radius 2 is 0.986 bits per heavy atom. The van der Waals surface area contributed by atoms with Gasteiger partial charge in [0.15, 0.2) is 0 Å². The molecule has 22 nitrogen and oxygen atoms in total. The molecule has 0 aliphatic carbocycles. The minimum Gasteiger partial charge on any atom is -1.00 e. The van der Waals surface area contributed by atoms with Gasteiger partial charge in [-0.3, -0.25) is 14.4 Å². The fraction of sp³-hybridized carbons (Fsp3) is 0.273. The molecule has 12 N–H and O–H groups in total. The number of piperazine rings is 2. The monoisotopic (exact) mass is 1040 g/mol. The van der Waals surface area contributed by atoms with Gasteiger partial charge in [0.05, 0.1) is 25.1 Å². The highest BCUT2D eigenvalue weighted by atomic mass is 35.5. The normalized spacial score (nSPS) is 14.5. The van der Waals surface area contributed by atoms with Gasteiger partial charge in [0.1, 0.15) is 4.90 Å². The molecule has 26 heteroatoms. The van der Waals surface area contributed by atoms with E-state index in [9.17, 15) is 13.0 Å². The van der Waals surface area contributed by atoms with E-state index in [4.69, 9.17) is 29.5 Å². The van der Waals surface area contributed by atoms with Crippen LogP contribution in [0.3, 0.4) is 0 Å². The van der Waals surface area contributed by atoms with Crippen LogP contribution in [0.15, 0.2) is 107 Å². The Labute approximate surface area is 422 Å². The van der Waals surface area contributed by atoms with Crippen molar-refractivity contribution in [2.45, 2.75) is 9.79 Å². The van der Waals surface area contributed by atoms with E-state index in [1.165, 1.54) is 12.1 Å². The molecule has 0 radical (unpaired) electrons. The van der Waals surface area contributed by atoms with Crippen molar-refractivity contribution in [1.82, 2.24) is 39.7 Å². The van der Waals surface area contributed by atoms with Gasteiger partial charge in [-0.1, -0.05) is 65.7 Å². The molecule has 2 aromatic heterocycles. The first-order valence-electron chi connectivity index (χ1n) is 21.9. The first-order valence-corrected chi connectivity index (χ1v) is 24.1. The Kier molecular flexibility index (Phi) is 19.6. The van der Waals surface area contributed by atoms with Crippen LogP contribution in [-0.2, 0) is 19.5 Å². The van der Waals surface area contributed by atoms with Gasteiger partial charge < -0.3 is 67.3 Å². The minimum absolute atomic E-state index is 0. The average molecular weight is 1040 g/mol. The van der Waals surface area contributed by atoms with Crippen molar-refractivity contribution in [1.29, 1.82) is 0 Å². The lowest BCUT2D eigenvalue weighted by Crippen LogP contribution is -3.00. The van der Waals surface area contributed by atoms with Gasteiger partial charge in [-0.05, 0) is 59.7 Å². The number of quaternary nitrogens is 2. The Morgan fingerprint density at radius 1 is 0.571 bits per heavy atom. The second-order valence-corrected chi connectivity index (χ2v) is 17.8. The van der Waals surface area contributed by atoms with Gasteiger partial charge in [0.2, 0.25) is 35.7 Å². The molecule has 8 rings (SSSR count). The van der Waals surface area contributed by atoms with Gasteiger partial charge in [-0.25, -0.2) is 5.26 Å². The molecule has 0 unspecified atom stereocenters. The second-order valence-electron chi connectivity index (χ2n) is 15.7. The summed E-state index contributed by atoms with van der Waals surface area (Å²) in [5, 5.41) is 25.9. The van der Waals surface area contributed by atoms with E-state index in [1.807, 2.05) is 60.7 Å². The van der Waals surface area contributed by atoms with Crippen LogP contribution >= 0.6 is 12.0 Å². The lowest BCUT2D eigenvalue weighted by Gasteiger charge is -2.34. The van der Waals surface area contributed by atoms with E-state index < -0.39 is 10.1 Å². The van der Waals surface area contributed by atoms with E-state index in [1.54, 1.807) is 36.4 Å². The van der Waals surface area contributed by atoms with Crippen LogP contribution in [0.2, 0.25) is 0 Å². The van der Waals surface area contributed by atoms with E-state index >= 15 is 0 Å². The van der Waals surface area contributed by atoms with Gasteiger partial charge >= 0.3 is 0 Å². The molecule has 2 aliphatic rings. The maximum absolute atomic E-state index is 12.9. The molecule has 4 heterocycles. The van der Waals surface area contributed by atoms with Crippen molar-refractivity contribution >= 4 is 92.8 Å². The van der Waals surface area contributed by atoms with Gasteiger partial charge in [-0.2, -0.15) is 38.3 Å². The van der Waals surface area contributed by atoms with E-state index in [-0.39, 0.29) is 47.2 Å². The van der Waals surface area contributed by atoms with Crippen molar-refractivity contribution in [2.24, 2.45) is 0 Å². The number of para-hydroxylation sites is 2. The van der Waals surface area contributed by atoms with Crippen molar-refractivity contribution in [3.63, 3.8) is 0 Å². The van der Waals surface area contributed by atoms with Crippen LogP contribution in [0.5, 0.6) is 0 Å². The summed E-state index contributed by atoms with van der Waals surface area (Å²) in [6.45, 7) is 9.72. The quantitative estimate of drug-likeness (QED) is 0.0130. The Bertz CT molecular complexity index is 2760. The van der Waals surface area contributed by atoms with Gasteiger partial charge in [-0.15, -0.1) is 4.33 Å². The van der Waals surface area contributed by atoms with Crippen LogP contribution in [0.25, 0.3) is 12.2 Å². The molecule has 2 aliphatic heterocycles. The van der Waals surface area contributed by atoms with Crippen LogP contribution in [0, 0.1) is 0 Å². The summed E-state index contributed by atoms with van der Waals surface area (Å²) in [6, 6.07) is 28.8. The maximum Gasteiger partial charge on any atom is 0.295 e. The zero-order valence-corrected chi connectivity index (χ0v) is 41.0. The zero-order valence-electron chi connectivity index (χ0n) is 37.9. The standard InChI is InChI=1S/C44H52N16O6S2.2ClH/c45-17-19-57-21-25-59(26-22-57)43-53-39(47-33-7-3-1-4-8-33)51-41(55-43)49-35-15-13-31(37(29-35)67-66-65-61)11-12-32-14-16-36(30-38(32)68(62,63)64)50-42-52-40(48-34-9-5-2-6-10-34)54-44(56-42)60-27-23-58(20-18-46)24-28-60;;/h1-16,29-30,61H,17-28,45-46H2,(H,62,63,64)(H2,47,49,51,53,55)(H2,48,50,52,54,56);2*1H/b12-11+;;. The number of hydrogen-bond donors (Lipinski definition) is 8. The molecular weight excluding hydrogens is 984 g/mol. The smallest absolute Gasteiger partial charge is 0.295 e. The molecule has 2 fully saturated rings. The topological polar surface area (TPSA) is 287 Å². The lowest BCUT2D eigenvalue weighted by molar-refractivity contribution is -0.432. The van der Waals surface area contributed by atoms with Crippen LogP contribution in [0.1, 0.15) is 11.1 Å². The molecule has 70 heavy (non-hydrogen) atoms. The van der Waals surface area contributed by atoms with Gasteiger partial charge in [0, 0.05) is 93.1 Å². The minimum atomic E-state index is -4.74. The second kappa shape index (κ2) is 25.7. The molecule has 2 saturated heterocycles. The first-order chi connectivity index (χ1) is 33.1. The van der Waals surface area contributed by atoms with E-state index in [0.717, 1.165) is 76.8 Å². The third-order valence-electron chi connectivity index (χ3n) is 11.0. The van der Waals surface area contributed by atoms with E-state index in [2.05, 4.69) is 67.3 Å². The molecule has 0 saturated carbocycles. The predicted molar refractivity (Wildman–Crippen MR) is 261 cm³/mol. The maximum atomic E-state index is 12.9. The fourth-order valence-corrected chi connectivity index (χ4v) is 8.83. The average Bonchev–Trinajstić information content (AvgIpc) is 3.34. The Morgan fingerprint density at radius 3 is 1.41 bits per heavy atom. The molecule has 0 atom stereocenters. The number of halogens is 2. The molecule has 4 aromatic carbocycles. The SMILES string of the molecule is [Cl-].[Cl-].[NH3+]CCN1CCN(c2nc(Nc3ccccc3)nc(Nc3ccc(/C=C/c4ccc(Nc5nc(Nc6ccccc6)nc(N6CCN(CC[NH3+])CC6)n5)cc4S(=O)(=O)O)c(SOOO)c3)n2)CC1. The first kappa shape index (κ1) is 53.4.